The monoisotopic (exact) mass is 385 g/mol. The summed E-state index contributed by atoms with van der Waals surface area (Å²) in [5, 5.41) is 6.00. The number of amides is 2. The smallest absolute Gasteiger partial charge is 0.319 e. The number of aromatic nitrogens is 2. The van der Waals surface area contributed by atoms with E-state index in [1.807, 2.05) is 6.07 Å². The third kappa shape index (κ3) is 4.78. The van der Waals surface area contributed by atoms with E-state index >= 15 is 0 Å². The topological polar surface area (TPSA) is 73.0 Å². The fourth-order valence-corrected chi connectivity index (χ4v) is 4.11. The third-order valence-corrected chi connectivity index (χ3v) is 5.78. The van der Waals surface area contributed by atoms with Gasteiger partial charge in [0.1, 0.15) is 5.82 Å². The maximum absolute atomic E-state index is 12.4. The second-order valence-electron chi connectivity index (χ2n) is 7.75. The highest BCUT2D eigenvalue weighted by molar-refractivity contribution is 5.97. The summed E-state index contributed by atoms with van der Waals surface area (Å²) in [7, 11) is 0. The minimum Gasteiger partial charge on any atom is -0.370 e. The Kier molecular flexibility index (Phi) is 7.18. The zero-order chi connectivity index (χ0) is 19.9. The second-order valence-corrected chi connectivity index (χ2v) is 7.75. The largest absolute Gasteiger partial charge is 0.370 e. The predicted molar refractivity (Wildman–Crippen MR) is 117 cm³/mol. The van der Waals surface area contributed by atoms with Gasteiger partial charge in [0.15, 0.2) is 0 Å². The number of imidazole rings is 1. The van der Waals surface area contributed by atoms with E-state index < -0.39 is 0 Å². The van der Waals surface area contributed by atoms with Gasteiger partial charge in [-0.25, -0.2) is 9.78 Å². The van der Waals surface area contributed by atoms with Crippen LogP contribution in [-0.4, -0.2) is 35.6 Å². The van der Waals surface area contributed by atoms with Crippen molar-refractivity contribution in [2.45, 2.75) is 71.6 Å². The molecule has 1 saturated carbocycles. The Morgan fingerprint density at radius 1 is 1.18 bits per heavy atom. The van der Waals surface area contributed by atoms with Gasteiger partial charge in [0, 0.05) is 25.6 Å². The molecule has 0 atom stereocenters. The zero-order valence-corrected chi connectivity index (χ0v) is 17.6. The average Bonchev–Trinajstić information content (AvgIpc) is 3.13. The quantitative estimate of drug-likeness (QED) is 0.534. The Morgan fingerprint density at radius 3 is 2.61 bits per heavy atom. The molecular formula is C22H35N5O. The predicted octanol–water partition coefficient (Wildman–Crippen LogP) is 5.38. The first-order valence-electron chi connectivity index (χ1n) is 11.0. The van der Waals surface area contributed by atoms with Gasteiger partial charge in [-0.15, -0.1) is 0 Å². The number of fused-ring (bicyclic) bond motifs is 1. The van der Waals surface area contributed by atoms with Crippen molar-refractivity contribution < 1.29 is 4.79 Å². The van der Waals surface area contributed by atoms with Crippen molar-refractivity contribution in [3.8, 4) is 0 Å². The van der Waals surface area contributed by atoms with Crippen molar-refractivity contribution in [2.24, 2.45) is 0 Å². The molecule has 1 fully saturated rings. The molecule has 0 saturated heterocycles. The molecule has 3 N–H and O–H groups in total. The number of urea groups is 1. The van der Waals surface area contributed by atoms with E-state index in [9.17, 15) is 4.79 Å². The lowest BCUT2D eigenvalue weighted by molar-refractivity contribution is 0.252. The molecule has 0 aliphatic heterocycles. The molecule has 1 aliphatic rings. The van der Waals surface area contributed by atoms with Gasteiger partial charge in [0.05, 0.1) is 22.4 Å². The number of H-pyrrole nitrogens is 1. The SMILES string of the molecule is CCCCNC(=O)Nc1cc2[nH]c(C3CCCCC3)nc2cc1N(CC)CC. The van der Waals surface area contributed by atoms with Crippen LogP contribution in [-0.2, 0) is 0 Å². The number of aromatic amines is 1. The Bertz CT molecular complexity index is 775. The Balaban J connectivity index is 1.89. The molecule has 2 amide bonds. The molecule has 28 heavy (non-hydrogen) atoms. The lowest BCUT2D eigenvalue weighted by atomic mass is 9.89. The number of nitrogens with zero attached hydrogens (tertiary/aromatic N) is 2. The van der Waals surface area contributed by atoms with E-state index in [0.717, 1.165) is 54.2 Å². The summed E-state index contributed by atoms with van der Waals surface area (Å²) in [4.78, 5) is 23.1. The molecule has 1 heterocycles. The summed E-state index contributed by atoms with van der Waals surface area (Å²) < 4.78 is 0. The van der Waals surface area contributed by atoms with Crippen LogP contribution in [0.4, 0.5) is 16.2 Å². The van der Waals surface area contributed by atoms with E-state index in [1.165, 1.54) is 32.1 Å². The maximum atomic E-state index is 12.4. The van der Waals surface area contributed by atoms with Crippen LogP contribution in [0.15, 0.2) is 12.1 Å². The number of anilines is 2. The first kappa shape index (κ1) is 20.5. The Labute approximate surface area is 168 Å². The number of hydrogen-bond donors (Lipinski definition) is 3. The Morgan fingerprint density at radius 2 is 1.93 bits per heavy atom. The second kappa shape index (κ2) is 9.80. The molecular weight excluding hydrogens is 350 g/mol. The van der Waals surface area contributed by atoms with Crippen molar-refractivity contribution in [1.29, 1.82) is 0 Å². The van der Waals surface area contributed by atoms with Crippen LogP contribution in [0.1, 0.15) is 77.5 Å². The summed E-state index contributed by atoms with van der Waals surface area (Å²) >= 11 is 0. The number of nitrogens with one attached hydrogen (secondary N) is 3. The lowest BCUT2D eigenvalue weighted by Crippen LogP contribution is -2.31. The van der Waals surface area contributed by atoms with E-state index in [1.54, 1.807) is 0 Å². The van der Waals surface area contributed by atoms with Gasteiger partial charge in [-0.2, -0.15) is 0 Å². The zero-order valence-electron chi connectivity index (χ0n) is 17.6. The molecule has 0 bridgehead atoms. The van der Waals surface area contributed by atoms with E-state index in [4.69, 9.17) is 4.98 Å². The van der Waals surface area contributed by atoms with Crippen molar-refractivity contribution in [3.63, 3.8) is 0 Å². The third-order valence-electron chi connectivity index (χ3n) is 5.78. The van der Waals surface area contributed by atoms with E-state index in [2.05, 4.69) is 47.4 Å². The van der Waals surface area contributed by atoms with Gasteiger partial charge in [0.25, 0.3) is 0 Å². The highest BCUT2D eigenvalue weighted by atomic mass is 16.2. The number of unbranched alkanes of at least 4 members (excludes halogenated alkanes) is 1. The number of carbonyl (C=O) groups is 1. The van der Waals surface area contributed by atoms with Crippen LogP contribution in [0, 0.1) is 0 Å². The maximum Gasteiger partial charge on any atom is 0.319 e. The molecule has 6 heteroatoms. The van der Waals surface area contributed by atoms with Crippen molar-refractivity contribution in [2.75, 3.05) is 29.9 Å². The molecule has 2 aromatic rings. The first-order valence-corrected chi connectivity index (χ1v) is 11.0. The molecule has 1 aliphatic carbocycles. The van der Waals surface area contributed by atoms with Gasteiger partial charge in [-0.1, -0.05) is 32.6 Å². The van der Waals surface area contributed by atoms with E-state index in [0.29, 0.717) is 12.5 Å². The molecule has 6 nitrogen and oxygen atoms in total. The standard InChI is InChI=1S/C22H35N5O/c1-4-7-13-23-22(28)26-19-14-17-18(15-20(19)27(5-2)6-3)25-21(24-17)16-11-9-8-10-12-16/h14-16H,4-13H2,1-3H3,(H,24,25)(H2,23,26,28). The molecule has 0 spiro atoms. The number of carbonyl (C=O) groups excluding carboxylic acids is 1. The van der Waals surface area contributed by atoms with Crippen molar-refractivity contribution in [1.82, 2.24) is 15.3 Å². The van der Waals surface area contributed by atoms with E-state index in [-0.39, 0.29) is 6.03 Å². The van der Waals surface area contributed by atoms with Crippen LogP contribution in [0.5, 0.6) is 0 Å². The summed E-state index contributed by atoms with van der Waals surface area (Å²) in [6.45, 7) is 8.85. The minimum absolute atomic E-state index is 0.145. The molecule has 154 valence electrons. The van der Waals surface area contributed by atoms with Crippen LogP contribution in [0.2, 0.25) is 0 Å². The Hall–Kier alpha value is -2.24. The highest BCUT2D eigenvalue weighted by Gasteiger charge is 2.20. The summed E-state index contributed by atoms with van der Waals surface area (Å²) in [6, 6.07) is 4.02. The molecule has 1 aromatic carbocycles. The van der Waals surface area contributed by atoms with Crippen LogP contribution in [0.3, 0.4) is 0 Å². The van der Waals surface area contributed by atoms with Gasteiger partial charge >= 0.3 is 6.03 Å². The lowest BCUT2D eigenvalue weighted by Gasteiger charge is -2.24. The fraction of sp³-hybridized carbons (Fsp3) is 0.636. The molecule has 0 unspecified atom stereocenters. The summed E-state index contributed by atoms with van der Waals surface area (Å²) in [5.74, 6) is 1.64. The van der Waals surface area contributed by atoms with Crippen LogP contribution >= 0.6 is 0 Å². The number of benzene rings is 1. The van der Waals surface area contributed by atoms with Crippen molar-refractivity contribution in [3.05, 3.63) is 18.0 Å². The van der Waals surface area contributed by atoms with Crippen LogP contribution in [0.25, 0.3) is 11.0 Å². The van der Waals surface area contributed by atoms with Gasteiger partial charge in [-0.3, -0.25) is 0 Å². The van der Waals surface area contributed by atoms with Gasteiger partial charge < -0.3 is 20.5 Å². The number of hydrogen-bond acceptors (Lipinski definition) is 3. The molecule has 1 aromatic heterocycles. The summed E-state index contributed by atoms with van der Waals surface area (Å²) in [5.41, 5.74) is 3.86. The normalized spacial score (nSPS) is 15.0. The highest BCUT2D eigenvalue weighted by Crippen LogP contribution is 2.35. The van der Waals surface area contributed by atoms with Gasteiger partial charge in [0.2, 0.25) is 0 Å². The fourth-order valence-electron chi connectivity index (χ4n) is 4.11. The van der Waals surface area contributed by atoms with Crippen molar-refractivity contribution >= 4 is 28.4 Å². The molecule has 3 rings (SSSR count). The number of rotatable bonds is 8. The van der Waals surface area contributed by atoms with Crippen LogP contribution < -0.4 is 15.5 Å². The van der Waals surface area contributed by atoms with Gasteiger partial charge in [-0.05, 0) is 45.2 Å². The first-order chi connectivity index (χ1) is 13.7. The minimum atomic E-state index is -0.145. The summed E-state index contributed by atoms with van der Waals surface area (Å²) in [6.07, 6.45) is 8.40. The average molecular weight is 386 g/mol. The molecule has 0 radical (unpaired) electrons.